The highest BCUT2D eigenvalue weighted by Crippen LogP contribution is 2.35. The zero-order chi connectivity index (χ0) is 11.1. The zero-order valence-corrected chi connectivity index (χ0v) is 8.64. The minimum Gasteiger partial charge on any atom is -0.294 e. The maximum absolute atomic E-state index is 11.9. The Morgan fingerprint density at radius 3 is 2.94 bits per heavy atom. The lowest BCUT2D eigenvalue weighted by atomic mass is 9.84. The zero-order valence-electron chi connectivity index (χ0n) is 8.64. The first-order chi connectivity index (χ1) is 7.77. The third kappa shape index (κ3) is 1.18. The predicted molar refractivity (Wildman–Crippen MR) is 59.3 cm³/mol. The van der Waals surface area contributed by atoms with Crippen LogP contribution >= 0.6 is 0 Å². The smallest absolute Gasteiger partial charge is 0.267 e. The summed E-state index contributed by atoms with van der Waals surface area (Å²) in [5.74, 6) is 0.109. The molecule has 0 aromatic rings. The number of ketones is 1. The highest BCUT2D eigenvalue weighted by molar-refractivity contribution is 6.04. The molecule has 0 radical (unpaired) electrons. The van der Waals surface area contributed by atoms with Crippen LogP contribution in [0, 0.1) is 4.91 Å². The second kappa shape index (κ2) is 3.23. The first kappa shape index (κ1) is 9.21. The maximum Gasteiger partial charge on any atom is 0.267 e. The van der Waals surface area contributed by atoms with Crippen LogP contribution in [-0.2, 0) is 4.79 Å². The molecule has 3 nitrogen and oxygen atoms in total. The van der Waals surface area contributed by atoms with Crippen LogP contribution < -0.4 is 0 Å². The van der Waals surface area contributed by atoms with Crippen LogP contribution in [-0.4, -0.2) is 10.5 Å². The van der Waals surface area contributed by atoms with Crippen LogP contribution in [0.5, 0.6) is 0 Å². The first-order valence-corrected chi connectivity index (χ1v) is 5.26. The molecular weight excluding hydrogens is 202 g/mol. The molecule has 0 amide bonds. The van der Waals surface area contributed by atoms with Gasteiger partial charge in [0.05, 0.1) is 10.3 Å². The summed E-state index contributed by atoms with van der Waals surface area (Å²) in [6.45, 7) is 0. The van der Waals surface area contributed by atoms with Crippen LogP contribution in [0.4, 0.5) is 0 Å². The third-order valence-electron chi connectivity index (χ3n) is 2.99. The minimum atomic E-state index is 0.109. The van der Waals surface area contributed by atoms with Crippen LogP contribution in [0.3, 0.4) is 0 Å². The van der Waals surface area contributed by atoms with Crippen molar-refractivity contribution in [2.45, 2.75) is 12.8 Å². The molecule has 3 heteroatoms. The Morgan fingerprint density at radius 1 is 1.19 bits per heavy atom. The van der Waals surface area contributed by atoms with Crippen molar-refractivity contribution in [3.63, 3.8) is 0 Å². The summed E-state index contributed by atoms with van der Waals surface area (Å²) in [4.78, 5) is 23.6. The van der Waals surface area contributed by atoms with Gasteiger partial charge in [-0.2, -0.15) is 0 Å². The van der Waals surface area contributed by atoms with Crippen molar-refractivity contribution < 1.29 is 9.55 Å². The molecule has 1 aliphatic heterocycles. The Balaban J connectivity index is 2.27. The normalized spacial score (nSPS) is 22.8. The van der Waals surface area contributed by atoms with Crippen LogP contribution in [0.1, 0.15) is 12.8 Å². The van der Waals surface area contributed by atoms with E-state index in [2.05, 4.69) is 0 Å². The van der Waals surface area contributed by atoms with Crippen molar-refractivity contribution in [1.29, 1.82) is 0 Å². The fourth-order valence-corrected chi connectivity index (χ4v) is 2.27. The van der Waals surface area contributed by atoms with Crippen molar-refractivity contribution >= 4 is 5.78 Å². The van der Waals surface area contributed by atoms with Crippen LogP contribution in [0.2, 0.25) is 0 Å². The quantitative estimate of drug-likeness (QED) is 0.578. The number of nitrogens with zero attached hydrogens (tertiary/aromatic N) is 1. The predicted octanol–water partition coefficient (Wildman–Crippen LogP) is 2.33. The summed E-state index contributed by atoms with van der Waals surface area (Å²) in [6.07, 6.45) is 11.8. The van der Waals surface area contributed by atoms with Crippen molar-refractivity contribution in [2.24, 2.45) is 0 Å². The van der Waals surface area contributed by atoms with E-state index < -0.39 is 0 Å². The molecule has 0 saturated carbocycles. The number of carbonyl (C=O) groups is 1. The van der Waals surface area contributed by atoms with Gasteiger partial charge in [-0.25, -0.2) is 0 Å². The van der Waals surface area contributed by atoms with Crippen molar-refractivity contribution in [3.8, 4) is 0 Å². The maximum atomic E-state index is 11.9. The van der Waals surface area contributed by atoms with E-state index in [1.165, 1.54) is 6.20 Å². The summed E-state index contributed by atoms with van der Waals surface area (Å²) >= 11 is 0. The van der Waals surface area contributed by atoms with Gasteiger partial charge in [0, 0.05) is 28.6 Å². The molecule has 0 fully saturated rings. The van der Waals surface area contributed by atoms with E-state index in [9.17, 15) is 9.70 Å². The summed E-state index contributed by atoms with van der Waals surface area (Å²) in [7, 11) is 0. The Bertz CT molecular complexity index is 556. The number of allylic oxidation sites excluding steroid dienone is 8. The Morgan fingerprint density at radius 2 is 2.06 bits per heavy atom. The Labute approximate surface area is 92.7 Å². The Kier molecular flexibility index (Phi) is 1.86. The molecule has 0 aromatic heterocycles. The summed E-state index contributed by atoms with van der Waals surface area (Å²) in [5.41, 5.74) is 2.94. The largest absolute Gasteiger partial charge is 0.294 e. The molecule has 0 N–H and O–H groups in total. The average Bonchev–Trinajstić information content (AvgIpc) is 2.29. The van der Waals surface area contributed by atoms with Gasteiger partial charge in [-0.15, -0.1) is 0 Å². The lowest BCUT2D eigenvalue weighted by molar-refractivity contribution is -0.422. The minimum absolute atomic E-state index is 0.109. The topological polar surface area (TPSA) is 37.1 Å². The van der Waals surface area contributed by atoms with Crippen molar-refractivity contribution in [3.05, 3.63) is 63.9 Å². The van der Waals surface area contributed by atoms with E-state index >= 15 is 0 Å². The number of hydrogen-bond acceptors (Lipinski definition) is 2. The third-order valence-corrected chi connectivity index (χ3v) is 2.99. The first-order valence-electron chi connectivity index (χ1n) is 5.26. The van der Waals surface area contributed by atoms with Gasteiger partial charge in [-0.3, -0.25) is 4.79 Å². The van der Waals surface area contributed by atoms with Gasteiger partial charge in [-0.05, 0) is 6.42 Å². The van der Waals surface area contributed by atoms with Crippen molar-refractivity contribution in [2.75, 3.05) is 0 Å². The molecule has 0 saturated heterocycles. The molecule has 0 spiro atoms. The molecule has 16 heavy (non-hydrogen) atoms. The molecule has 0 unspecified atom stereocenters. The van der Waals surface area contributed by atoms with Crippen LogP contribution in [0.15, 0.2) is 59.0 Å². The van der Waals surface area contributed by atoms with Gasteiger partial charge in [0.2, 0.25) is 6.20 Å². The van der Waals surface area contributed by atoms with E-state index in [1.807, 2.05) is 18.2 Å². The molecule has 0 aromatic carbocycles. The molecule has 2 aliphatic carbocycles. The SMILES string of the molecule is O=C1CC=CC2=C[N+](=O)C3=CC=CCC3=C12. The van der Waals surface area contributed by atoms with E-state index in [0.29, 0.717) is 18.5 Å². The second-order valence-electron chi connectivity index (χ2n) is 3.98. The monoisotopic (exact) mass is 212 g/mol. The van der Waals surface area contributed by atoms with Gasteiger partial charge >= 0.3 is 0 Å². The number of fused-ring (bicyclic) bond motifs is 2. The Hall–Kier alpha value is -2.03. The molecule has 78 valence electrons. The molecular formula is C13H10NO2+. The average molecular weight is 212 g/mol. The highest BCUT2D eigenvalue weighted by Gasteiger charge is 2.35. The van der Waals surface area contributed by atoms with E-state index in [-0.39, 0.29) is 5.78 Å². The second-order valence-corrected chi connectivity index (χ2v) is 3.98. The molecule has 0 atom stereocenters. The number of hydrogen-bond donors (Lipinski definition) is 0. The van der Waals surface area contributed by atoms with E-state index in [4.69, 9.17) is 0 Å². The van der Waals surface area contributed by atoms with Gasteiger partial charge in [-0.1, -0.05) is 24.3 Å². The summed E-state index contributed by atoms with van der Waals surface area (Å²) in [6, 6.07) is 0. The van der Waals surface area contributed by atoms with Gasteiger partial charge in [0.25, 0.3) is 5.70 Å². The van der Waals surface area contributed by atoms with E-state index in [0.717, 1.165) is 21.5 Å². The van der Waals surface area contributed by atoms with Gasteiger partial charge in [0.1, 0.15) is 0 Å². The van der Waals surface area contributed by atoms with E-state index in [1.54, 1.807) is 12.2 Å². The molecule has 3 rings (SSSR count). The molecule has 3 aliphatic rings. The number of rotatable bonds is 0. The number of nitroso groups, excluding NO2 is 1. The highest BCUT2D eigenvalue weighted by atomic mass is 16.3. The standard InChI is InChI=1S/C13H10NO2/c15-12-7-3-4-9-8-14(16)11-6-2-1-5-10(11)13(9)12/h1-4,6,8H,5,7H2/q+1. The fourth-order valence-electron chi connectivity index (χ4n) is 2.27. The van der Waals surface area contributed by atoms with Crippen molar-refractivity contribution in [1.82, 2.24) is 0 Å². The molecule has 1 heterocycles. The van der Waals surface area contributed by atoms with Gasteiger partial charge in [0.15, 0.2) is 5.78 Å². The fraction of sp³-hybridized carbons (Fsp3) is 0.154. The van der Waals surface area contributed by atoms with Crippen LogP contribution in [0.25, 0.3) is 0 Å². The number of carbonyl (C=O) groups excluding carboxylic acids is 1. The molecule has 0 bridgehead atoms. The summed E-state index contributed by atoms with van der Waals surface area (Å²) < 4.78 is 0.848. The number of Topliss-reactive ketones (excluding diaryl/α,β-unsaturated/α-hetero) is 1. The van der Waals surface area contributed by atoms with Gasteiger partial charge < -0.3 is 0 Å². The summed E-state index contributed by atoms with van der Waals surface area (Å²) in [5, 5.41) is 0. The lowest BCUT2D eigenvalue weighted by Crippen LogP contribution is -2.20. The lowest BCUT2D eigenvalue weighted by Gasteiger charge is -2.18.